The molecule has 0 aliphatic carbocycles. The number of hydrogen-bond donors (Lipinski definition) is 11. The Morgan fingerprint density at radius 3 is 1.06 bits per heavy atom. The molecule has 15 nitrogen and oxygen atoms in total. The van der Waals surface area contributed by atoms with Gasteiger partial charge in [0.05, 0.1) is 46.4 Å². The first-order chi connectivity index (χ1) is 22.9. The third-order valence-corrected chi connectivity index (χ3v) is 8.24. The number of carboxylic acid groups (broad SMARTS) is 2. The van der Waals surface area contributed by atoms with Gasteiger partial charge < -0.3 is 70.6 Å². The second-order valence-corrected chi connectivity index (χ2v) is 13.3. The number of carbonyl (C=O) groups excluding carboxylic acids is 1. The Labute approximate surface area is 293 Å². The van der Waals surface area contributed by atoms with Crippen molar-refractivity contribution in [1.29, 1.82) is 0 Å². The fourth-order valence-corrected chi connectivity index (χ4v) is 4.79. The summed E-state index contributed by atoms with van der Waals surface area (Å²) in [5.41, 5.74) is 0. The molecule has 0 saturated heterocycles. The van der Waals surface area contributed by atoms with Crippen molar-refractivity contribution in [2.75, 3.05) is 40.4 Å². The highest BCUT2D eigenvalue weighted by Crippen LogP contribution is 2.13. The Morgan fingerprint density at radius 1 is 0.510 bits per heavy atom. The molecule has 0 aromatic carbocycles. The van der Waals surface area contributed by atoms with E-state index < -0.39 is 74.0 Å². The lowest BCUT2D eigenvalue weighted by molar-refractivity contribution is -0.890. The van der Waals surface area contributed by atoms with Gasteiger partial charge in [0.15, 0.2) is 6.10 Å². The first-order valence-corrected chi connectivity index (χ1v) is 17.9. The minimum atomic E-state index is -2.31. The summed E-state index contributed by atoms with van der Waals surface area (Å²) >= 11 is 0. The largest absolute Gasteiger partial charge is 0.547 e. The van der Waals surface area contributed by atoms with Crippen molar-refractivity contribution in [2.45, 2.75) is 165 Å². The summed E-state index contributed by atoms with van der Waals surface area (Å²) in [4.78, 5) is 20.1. The zero-order chi connectivity index (χ0) is 38.4. The summed E-state index contributed by atoms with van der Waals surface area (Å²) < 4.78 is 1.24. The highest BCUT2D eigenvalue weighted by atomic mass is 16.4. The summed E-state index contributed by atoms with van der Waals surface area (Å²) in [6, 6.07) is 0. The molecule has 296 valence electrons. The van der Waals surface area contributed by atoms with Gasteiger partial charge in [-0.2, -0.15) is 0 Å². The Kier molecular flexibility index (Phi) is 34.3. The van der Waals surface area contributed by atoms with Gasteiger partial charge in [0, 0.05) is 0 Å². The molecule has 0 amide bonds. The minimum absolute atomic E-state index is 0.843. The molecular formula is C34H71NO14. The molecule has 15 heteroatoms. The monoisotopic (exact) mass is 717 g/mol. The van der Waals surface area contributed by atoms with Crippen molar-refractivity contribution in [2.24, 2.45) is 0 Å². The lowest BCUT2D eigenvalue weighted by atomic mass is 10.0. The molecule has 0 radical (unpaired) electrons. The van der Waals surface area contributed by atoms with Crippen LogP contribution >= 0.6 is 0 Å². The summed E-state index contributed by atoms with van der Waals surface area (Å²) in [6.45, 7) is 5.65. The topological polar surface area (TPSA) is 280 Å². The molecule has 0 bridgehead atoms. The Bertz CT molecular complexity index is 715. The molecule has 11 N–H and O–H groups in total. The van der Waals surface area contributed by atoms with Gasteiger partial charge in [-0.15, -0.1) is 0 Å². The smallest absolute Gasteiger partial charge is 0.335 e. The average Bonchev–Trinajstić information content (AvgIpc) is 3.08. The highest BCUT2D eigenvalue weighted by Gasteiger charge is 2.34. The van der Waals surface area contributed by atoms with E-state index in [0.717, 1.165) is 0 Å². The standard InChI is InChI=1S/C22H48N.2C6H12O7/c1-5-7-9-11-13-15-17-19-21-23(3,4)22-20-18-16-14-12-10-8-6-2;2*7-1-2(8)3(9)4(10)5(11)6(12)13/h5-22H2,1-4H3;2*2-5,7-11H,1H2,(H,12,13)/q+1;;/p-1/t;2*2-,3-,4+,5-/m.11/s1. The third kappa shape index (κ3) is 28.8. The van der Waals surface area contributed by atoms with Crippen LogP contribution in [-0.4, -0.2) is 162 Å². The molecule has 0 rings (SSSR count). The van der Waals surface area contributed by atoms with Gasteiger partial charge in [0.25, 0.3) is 0 Å². The molecule has 0 aromatic rings. The van der Waals surface area contributed by atoms with Crippen LogP contribution in [0, 0.1) is 0 Å². The van der Waals surface area contributed by atoms with E-state index in [0.29, 0.717) is 0 Å². The van der Waals surface area contributed by atoms with Crippen LogP contribution in [-0.2, 0) is 9.59 Å². The molecule has 0 saturated carbocycles. The number of unbranched alkanes of at least 4 members (excludes halogenated alkanes) is 14. The van der Waals surface area contributed by atoms with Crippen LogP contribution in [0.5, 0.6) is 0 Å². The molecule has 0 heterocycles. The maximum atomic E-state index is 10.1. The number of carboxylic acids is 2. The van der Waals surface area contributed by atoms with Crippen LogP contribution in [0.3, 0.4) is 0 Å². The highest BCUT2D eigenvalue weighted by molar-refractivity contribution is 5.72. The second kappa shape index (κ2) is 32.4. The summed E-state index contributed by atoms with van der Waals surface area (Å²) in [6.07, 6.45) is 7.12. The van der Waals surface area contributed by atoms with Gasteiger partial charge in [0.2, 0.25) is 0 Å². The first-order valence-electron chi connectivity index (χ1n) is 17.9. The molecule has 8 atom stereocenters. The maximum absolute atomic E-state index is 10.1. The third-order valence-electron chi connectivity index (χ3n) is 8.24. The maximum Gasteiger partial charge on any atom is 0.335 e. The van der Waals surface area contributed by atoms with E-state index in [1.807, 2.05) is 0 Å². The van der Waals surface area contributed by atoms with Crippen LogP contribution in [0.2, 0.25) is 0 Å². The van der Waals surface area contributed by atoms with Crippen molar-refractivity contribution in [3.8, 4) is 0 Å². The van der Waals surface area contributed by atoms with Crippen molar-refractivity contribution >= 4 is 11.9 Å². The van der Waals surface area contributed by atoms with Crippen molar-refractivity contribution in [1.82, 2.24) is 0 Å². The Balaban J connectivity index is -0.000000696. The van der Waals surface area contributed by atoms with Gasteiger partial charge in [-0.3, -0.25) is 0 Å². The van der Waals surface area contributed by atoms with E-state index in [1.165, 1.54) is 120 Å². The Hall–Kier alpha value is -1.50. The van der Waals surface area contributed by atoms with E-state index in [-0.39, 0.29) is 0 Å². The van der Waals surface area contributed by atoms with Crippen LogP contribution in [0.4, 0.5) is 0 Å². The number of nitrogens with zero attached hydrogens (tertiary/aromatic N) is 1. The molecule has 0 aliphatic rings. The molecular weight excluding hydrogens is 646 g/mol. The Morgan fingerprint density at radius 2 is 0.796 bits per heavy atom. The molecule has 0 spiro atoms. The molecule has 0 fully saturated rings. The van der Waals surface area contributed by atoms with Crippen LogP contribution in [0.1, 0.15) is 117 Å². The van der Waals surface area contributed by atoms with Crippen LogP contribution < -0.4 is 5.11 Å². The van der Waals surface area contributed by atoms with Gasteiger partial charge in [-0.05, 0) is 25.7 Å². The van der Waals surface area contributed by atoms with Crippen molar-refractivity contribution in [3.63, 3.8) is 0 Å². The molecule has 49 heavy (non-hydrogen) atoms. The van der Waals surface area contributed by atoms with Gasteiger partial charge in [-0.1, -0.05) is 90.9 Å². The number of carbonyl (C=O) groups is 2. The normalized spacial score (nSPS) is 16.4. The van der Waals surface area contributed by atoms with Gasteiger partial charge in [0.1, 0.15) is 42.7 Å². The number of aliphatic carboxylic acids is 2. The lowest BCUT2D eigenvalue weighted by Gasteiger charge is -2.30. The van der Waals surface area contributed by atoms with E-state index in [9.17, 15) is 14.7 Å². The molecule has 0 aliphatic heterocycles. The fourth-order valence-electron chi connectivity index (χ4n) is 4.79. The van der Waals surface area contributed by atoms with E-state index in [2.05, 4.69) is 27.9 Å². The van der Waals surface area contributed by atoms with E-state index in [4.69, 9.17) is 56.2 Å². The summed E-state index contributed by atoms with van der Waals surface area (Å²) in [5, 5.41) is 105. The minimum Gasteiger partial charge on any atom is -0.547 e. The average molecular weight is 718 g/mol. The number of rotatable bonds is 28. The van der Waals surface area contributed by atoms with Crippen LogP contribution in [0.15, 0.2) is 0 Å². The predicted octanol–water partition coefficient (Wildman–Crippen LogP) is -0.977. The number of aliphatic hydroxyl groups excluding tert-OH is 10. The summed E-state index contributed by atoms with van der Waals surface area (Å²) in [7, 11) is 4.87. The summed E-state index contributed by atoms with van der Waals surface area (Å²) in [5.74, 6) is -3.70. The lowest BCUT2D eigenvalue weighted by Crippen LogP contribution is -2.52. The number of aliphatic hydroxyl groups is 10. The number of quaternary nitrogens is 1. The number of hydrogen-bond acceptors (Lipinski definition) is 13. The fraction of sp³-hybridized carbons (Fsp3) is 0.941. The quantitative estimate of drug-likeness (QED) is 0.0343. The van der Waals surface area contributed by atoms with Gasteiger partial charge in [-0.25, -0.2) is 4.79 Å². The van der Waals surface area contributed by atoms with Crippen molar-refractivity contribution in [3.05, 3.63) is 0 Å². The first kappa shape index (κ1) is 51.9. The molecule has 0 aromatic heterocycles. The van der Waals surface area contributed by atoms with Crippen molar-refractivity contribution < 1.29 is 75.4 Å². The van der Waals surface area contributed by atoms with E-state index >= 15 is 0 Å². The van der Waals surface area contributed by atoms with E-state index in [1.54, 1.807) is 0 Å². The molecule has 0 unspecified atom stereocenters. The van der Waals surface area contributed by atoms with Crippen LogP contribution in [0.25, 0.3) is 0 Å². The zero-order valence-electron chi connectivity index (χ0n) is 30.4. The van der Waals surface area contributed by atoms with Gasteiger partial charge >= 0.3 is 5.97 Å². The SMILES string of the molecule is CCCCCCCCCC[N+](C)(C)CCCCCCCCCC.O=C(O)[C@H](O)[C@@H](O)[C@H](O)[C@H](O)CO.O=C([O-])[C@H](O)[C@@H](O)[C@H](O)[C@H](O)CO. The predicted molar refractivity (Wildman–Crippen MR) is 182 cm³/mol. The second-order valence-electron chi connectivity index (χ2n) is 13.3. The zero-order valence-corrected chi connectivity index (χ0v) is 30.4.